The Kier molecular flexibility index (Phi) is 2.83. The van der Waals surface area contributed by atoms with Crippen LogP contribution in [0.1, 0.15) is 10.4 Å². The van der Waals surface area contributed by atoms with Crippen LogP contribution in [-0.4, -0.2) is 12.6 Å². The van der Waals surface area contributed by atoms with E-state index in [-0.39, 0.29) is 6.29 Å². The number of carbonyl (C=O) groups is 1. The summed E-state index contributed by atoms with van der Waals surface area (Å²) in [5.74, 6) is -2.62. The number of hydrogen-bond acceptors (Lipinski definition) is 3. The molecule has 7 heteroatoms. The van der Waals surface area contributed by atoms with Gasteiger partial charge in [-0.1, -0.05) is 0 Å². The summed E-state index contributed by atoms with van der Waals surface area (Å²) in [6, 6.07) is 1.91. The highest BCUT2D eigenvalue weighted by Crippen LogP contribution is 2.31. The molecule has 0 fully saturated rings. The molecular formula is C8H5F4NO2. The average molecular weight is 223 g/mol. The van der Waals surface area contributed by atoms with Crippen LogP contribution in [0.3, 0.4) is 0 Å². The zero-order valence-electron chi connectivity index (χ0n) is 7.14. The lowest BCUT2D eigenvalue weighted by molar-refractivity contribution is -0.275. The van der Waals surface area contributed by atoms with Crippen molar-refractivity contribution >= 4 is 12.0 Å². The number of alkyl halides is 3. The Morgan fingerprint density at radius 2 is 1.93 bits per heavy atom. The fourth-order valence-corrected chi connectivity index (χ4v) is 0.898. The van der Waals surface area contributed by atoms with E-state index in [1.54, 1.807) is 0 Å². The molecule has 1 aromatic carbocycles. The standard InChI is InChI=1S/C8H5F4NO2/c9-6-5(13)2-1-4(3-14)7(6)15-8(10,11)12/h1-3H,13H2. The summed E-state index contributed by atoms with van der Waals surface area (Å²) in [6.07, 6.45) is -5.03. The molecule has 0 bridgehead atoms. The van der Waals surface area contributed by atoms with Gasteiger partial charge >= 0.3 is 6.36 Å². The smallest absolute Gasteiger partial charge is 0.402 e. The Hall–Kier alpha value is -1.79. The first kappa shape index (κ1) is 11.3. The first-order valence-electron chi connectivity index (χ1n) is 3.64. The lowest BCUT2D eigenvalue weighted by atomic mass is 10.2. The number of halogens is 4. The van der Waals surface area contributed by atoms with Crippen molar-refractivity contribution in [2.24, 2.45) is 0 Å². The first-order chi connectivity index (χ1) is 6.85. The van der Waals surface area contributed by atoms with Crippen molar-refractivity contribution in [2.75, 3.05) is 5.73 Å². The summed E-state index contributed by atoms with van der Waals surface area (Å²) in [7, 11) is 0. The number of hydrogen-bond donors (Lipinski definition) is 1. The fraction of sp³-hybridized carbons (Fsp3) is 0.125. The van der Waals surface area contributed by atoms with Crippen molar-refractivity contribution in [2.45, 2.75) is 6.36 Å². The molecule has 3 nitrogen and oxygen atoms in total. The highest BCUT2D eigenvalue weighted by Gasteiger charge is 2.34. The number of ether oxygens (including phenoxy) is 1. The summed E-state index contributed by atoms with van der Waals surface area (Å²) >= 11 is 0. The van der Waals surface area contributed by atoms with Crippen molar-refractivity contribution in [3.63, 3.8) is 0 Å². The minimum absolute atomic E-state index is 0.0452. The predicted molar refractivity (Wildman–Crippen MR) is 42.9 cm³/mol. The highest BCUT2D eigenvalue weighted by atomic mass is 19.4. The molecule has 0 atom stereocenters. The number of carbonyl (C=O) groups excluding carboxylic acids is 1. The van der Waals surface area contributed by atoms with Crippen molar-refractivity contribution in [1.82, 2.24) is 0 Å². The maximum Gasteiger partial charge on any atom is 0.573 e. The van der Waals surface area contributed by atoms with Crippen LogP contribution in [-0.2, 0) is 0 Å². The number of rotatable bonds is 2. The Balaban J connectivity index is 3.24. The molecule has 0 heterocycles. The molecule has 82 valence electrons. The number of anilines is 1. The van der Waals surface area contributed by atoms with Gasteiger partial charge in [-0.2, -0.15) is 0 Å². The predicted octanol–water partition coefficient (Wildman–Crippen LogP) is 2.12. The molecule has 0 saturated carbocycles. The highest BCUT2D eigenvalue weighted by molar-refractivity contribution is 5.80. The zero-order chi connectivity index (χ0) is 11.6. The van der Waals surface area contributed by atoms with Gasteiger partial charge in [0, 0.05) is 0 Å². The molecule has 0 aliphatic heterocycles. The second kappa shape index (κ2) is 3.76. The van der Waals surface area contributed by atoms with E-state index in [1.165, 1.54) is 0 Å². The third-order valence-electron chi connectivity index (χ3n) is 1.50. The van der Waals surface area contributed by atoms with E-state index in [9.17, 15) is 22.4 Å². The van der Waals surface area contributed by atoms with Gasteiger partial charge in [-0.3, -0.25) is 4.79 Å². The fourth-order valence-electron chi connectivity index (χ4n) is 0.898. The van der Waals surface area contributed by atoms with Crippen LogP contribution in [0.4, 0.5) is 23.2 Å². The third-order valence-corrected chi connectivity index (χ3v) is 1.50. The van der Waals surface area contributed by atoms with Crippen molar-refractivity contribution in [3.05, 3.63) is 23.5 Å². The van der Waals surface area contributed by atoms with E-state index in [1.807, 2.05) is 0 Å². The topological polar surface area (TPSA) is 52.3 Å². The van der Waals surface area contributed by atoms with E-state index in [0.29, 0.717) is 0 Å². The van der Waals surface area contributed by atoms with Gasteiger partial charge < -0.3 is 10.5 Å². The molecule has 0 spiro atoms. The Morgan fingerprint density at radius 3 is 2.40 bits per heavy atom. The normalized spacial score (nSPS) is 11.2. The van der Waals surface area contributed by atoms with Crippen molar-refractivity contribution in [1.29, 1.82) is 0 Å². The Bertz CT molecular complexity index is 389. The van der Waals surface area contributed by atoms with E-state index < -0.39 is 29.2 Å². The van der Waals surface area contributed by atoms with Gasteiger partial charge in [-0.25, -0.2) is 4.39 Å². The van der Waals surface area contributed by atoms with Crippen LogP contribution in [0.2, 0.25) is 0 Å². The Morgan fingerprint density at radius 1 is 1.33 bits per heavy atom. The summed E-state index contributed by atoms with van der Waals surface area (Å²) < 4.78 is 51.9. The van der Waals surface area contributed by atoms with Gasteiger partial charge in [0.25, 0.3) is 0 Å². The van der Waals surface area contributed by atoms with Crippen LogP contribution < -0.4 is 10.5 Å². The van der Waals surface area contributed by atoms with Gasteiger partial charge in [0.2, 0.25) is 0 Å². The van der Waals surface area contributed by atoms with Crippen LogP contribution in [0.25, 0.3) is 0 Å². The minimum atomic E-state index is -5.08. The van der Waals surface area contributed by atoms with E-state index >= 15 is 0 Å². The zero-order valence-corrected chi connectivity index (χ0v) is 7.14. The average Bonchev–Trinajstić information content (AvgIpc) is 2.11. The van der Waals surface area contributed by atoms with E-state index in [4.69, 9.17) is 5.73 Å². The monoisotopic (exact) mass is 223 g/mol. The SMILES string of the molecule is Nc1ccc(C=O)c(OC(F)(F)F)c1F. The van der Waals surface area contributed by atoms with Crippen LogP contribution in [0.15, 0.2) is 12.1 Å². The summed E-state index contributed by atoms with van der Waals surface area (Å²) in [5, 5.41) is 0. The summed E-state index contributed by atoms with van der Waals surface area (Å²) in [4.78, 5) is 10.3. The molecular weight excluding hydrogens is 218 g/mol. The molecule has 2 N–H and O–H groups in total. The Labute approximate surface area is 81.4 Å². The summed E-state index contributed by atoms with van der Waals surface area (Å²) in [6.45, 7) is 0. The molecule has 1 rings (SSSR count). The second-order valence-corrected chi connectivity index (χ2v) is 2.55. The number of nitrogen functional groups attached to an aromatic ring is 1. The summed E-state index contributed by atoms with van der Waals surface area (Å²) in [5.41, 5.74) is 3.94. The number of aldehydes is 1. The van der Waals surface area contributed by atoms with Gasteiger partial charge in [0.15, 0.2) is 17.9 Å². The van der Waals surface area contributed by atoms with E-state index in [2.05, 4.69) is 4.74 Å². The van der Waals surface area contributed by atoms with Gasteiger partial charge in [-0.15, -0.1) is 13.2 Å². The number of nitrogens with two attached hydrogens (primary N) is 1. The lowest BCUT2D eigenvalue weighted by Crippen LogP contribution is -2.19. The molecule has 1 aromatic rings. The number of benzene rings is 1. The second-order valence-electron chi connectivity index (χ2n) is 2.55. The van der Waals surface area contributed by atoms with Crippen molar-refractivity contribution in [3.8, 4) is 5.75 Å². The molecule has 0 aromatic heterocycles. The maximum absolute atomic E-state index is 13.1. The van der Waals surface area contributed by atoms with Crippen LogP contribution in [0.5, 0.6) is 5.75 Å². The molecule has 0 aliphatic carbocycles. The molecule has 0 saturated heterocycles. The van der Waals surface area contributed by atoms with Crippen LogP contribution >= 0.6 is 0 Å². The largest absolute Gasteiger partial charge is 0.573 e. The first-order valence-corrected chi connectivity index (χ1v) is 3.64. The van der Waals surface area contributed by atoms with Crippen molar-refractivity contribution < 1.29 is 27.1 Å². The van der Waals surface area contributed by atoms with Gasteiger partial charge in [0.05, 0.1) is 11.3 Å². The van der Waals surface area contributed by atoms with Gasteiger partial charge in [0.1, 0.15) is 0 Å². The third kappa shape index (κ3) is 2.58. The van der Waals surface area contributed by atoms with Gasteiger partial charge in [-0.05, 0) is 12.1 Å². The molecule has 0 unspecified atom stereocenters. The molecule has 0 amide bonds. The molecule has 0 radical (unpaired) electrons. The quantitative estimate of drug-likeness (QED) is 0.474. The molecule has 0 aliphatic rings. The lowest BCUT2D eigenvalue weighted by Gasteiger charge is -2.12. The maximum atomic E-state index is 13.1. The van der Waals surface area contributed by atoms with E-state index in [0.717, 1.165) is 12.1 Å². The minimum Gasteiger partial charge on any atom is -0.402 e. The molecule has 15 heavy (non-hydrogen) atoms. The van der Waals surface area contributed by atoms with Crippen LogP contribution in [0, 0.1) is 5.82 Å².